The summed E-state index contributed by atoms with van der Waals surface area (Å²) in [5.74, 6) is -0.139. The molecule has 0 aromatic rings. The molecule has 5 nitrogen and oxygen atoms in total. The summed E-state index contributed by atoms with van der Waals surface area (Å²) in [5, 5.41) is 0. The van der Waals surface area contributed by atoms with Crippen molar-refractivity contribution < 1.29 is 19.1 Å². The van der Waals surface area contributed by atoms with E-state index in [0.717, 1.165) is 0 Å². The van der Waals surface area contributed by atoms with Gasteiger partial charge in [0.2, 0.25) is 0 Å². The first kappa shape index (κ1) is 8.93. The Morgan fingerprint density at radius 2 is 2.46 bits per heavy atom. The molecule has 2 fully saturated rings. The molecular weight excluding hydrogens is 174 g/mol. The fourth-order valence-corrected chi connectivity index (χ4v) is 1.69. The average Bonchev–Trinajstić information content (AvgIpc) is 2.62. The van der Waals surface area contributed by atoms with Crippen LogP contribution >= 0.6 is 0 Å². The standard InChI is InChI=1S/C8H13NO4/c1-2-12-8(10)7-5-3-11-4-6(5)13-9-7/h5-7,9H,2-4H2,1H3/t5-,6+,7?/m0/s1. The summed E-state index contributed by atoms with van der Waals surface area (Å²) in [6, 6.07) is -0.354. The summed E-state index contributed by atoms with van der Waals surface area (Å²) in [5.41, 5.74) is 2.69. The van der Waals surface area contributed by atoms with Crippen molar-refractivity contribution in [1.82, 2.24) is 5.48 Å². The molecule has 2 aliphatic heterocycles. The number of fused-ring (bicyclic) bond motifs is 1. The van der Waals surface area contributed by atoms with E-state index in [1.807, 2.05) is 0 Å². The molecule has 0 aromatic heterocycles. The van der Waals surface area contributed by atoms with Crippen LogP contribution in [0.2, 0.25) is 0 Å². The van der Waals surface area contributed by atoms with Crippen molar-refractivity contribution in [3.63, 3.8) is 0 Å². The number of hydrogen-bond donors (Lipinski definition) is 1. The minimum absolute atomic E-state index is 0.00871. The number of hydroxylamine groups is 1. The summed E-state index contributed by atoms with van der Waals surface area (Å²) in [7, 11) is 0. The summed E-state index contributed by atoms with van der Waals surface area (Å²) in [4.78, 5) is 16.5. The topological polar surface area (TPSA) is 56.8 Å². The lowest BCUT2D eigenvalue weighted by Gasteiger charge is -2.12. The van der Waals surface area contributed by atoms with Gasteiger partial charge in [-0.3, -0.25) is 9.63 Å². The zero-order valence-corrected chi connectivity index (χ0v) is 7.49. The van der Waals surface area contributed by atoms with Gasteiger partial charge in [0.1, 0.15) is 12.1 Å². The number of carbonyl (C=O) groups excluding carboxylic acids is 1. The van der Waals surface area contributed by atoms with E-state index in [4.69, 9.17) is 14.3 Å². The number of carbonyl (C=O) groups is 1. The highest BCUT2D eigenvalue weighted by Gasteiger charge is 2.45. The highest BCUT2D eigenvalue weighted by Crippen LogP contribution is 2.26. The van der Waals surface area contributed by atoms with E-state index in [9.17, 15) is 4.79 Å². The maximum Gasteiger partial charge on any atom is 0.325 e. The number of nitrogens with one attached hydrogen (secondary N) is 1. The van der Waals surface area contributed by atoms with Gasteiger partial charge in [0.15, 0.2) is 0 Å². The van der Waals surface area contributed by atoms with E-state index in [1.165, 1.54) is 0 Å². The highest BCUT2D eigenvalue weighted by molar-refractivity contribution is 5.76. The van der Waals surface area contributed by atoms with Crippen molar-refractivity contribution in [3.8, 4) is 0 Å². The van der Waals surface area contributed by atoms with E-state index >= 15 is 0 Å². The predicted molar refractivity (Wildman–Crippen MR) is 42.7 cm³/mol. The molecule has 0 spiro atoms. The number of hydrogen-bond acceptors (Lipinski definition) is 5. The number of esters is 1. The highest BCUT2D eigenvalue weighted by atomic mass is 16.7. The van der Waals surface area contributed by atoms with Crippen LogP contribution in [0.5, 0.6) is 0 Å². The second-order valence-electron chi connectivity index (χ2n) is 3.21. The van der Waals surface area contributed by atoms with Gasteiger partial charge in [-0.25, -0.2) is 0 Å². The Kier molecular flexibility index (Phi) is 2.48. The zero-order valence-electron chi connectivity index (χ0n) is 7.49. The molecule has 5 heteroatoms. The lowest BCUT2D eigenvalue weighted by molar-refractivity contribution is -0.148. The van der Waals surface area contributed by atoms with E-state index in [-0.39, 0.29) is 24.0 Å². The monoisotopic (exact) mass is 187 g/mol. The SMILES string of the molecule is CCOC(=O)C1NO[C@@H]2COC[C@H]12. The van der Waals surface area contributed by atoms with Gasteiger partial charge in [-0.2, -0.15) is 5.48 Å². The van der Waals surface area contributed by atoms with Crippen LogP contribution in [0.3, 0.4) is 0 Å². The van der Waals surface area contributed by atoms with Crippen molar-refractivity contribution in [3.05, 3.63) is 0 Å². The maximum atomic E-state index is 11.4. The summed E-state index contributed by atoms with van der Waals surface area (Å²) in [6.07, 6.45) is 0.00871. The molecule has 0 aliphatic carbocycles. The van der Waals surface area contributed by atoms with Crippen molar-refractivity contribution in [2.75, 3.05) is 19.8 Å². The van der Waals surface area contributed by atoms with Crippen LogP contribution in [0.1, 0.15) is 6.92 Å². The van der Waals surface area contributed by atoms with Crippen LogP contribution in [0.15, 0.2) is 0 Å². The number of ether oxygens (including phenoxy) is 2. The van der Waals surface area contributed by atoms with E-state index in [2.05, 4.69) is 5.48 Å². The van der Waals surface area contributed by atoms with Gasteiger partial charge < -0.3 is 9.47 Å². The van der Waals surface area contributed by atoms with Crippen molar-refractivity contribution in [2.24, 2.45) is 5.92 Å². The normalized spacial score (nSPS) is 37.5. The first-order chi connectivity index (χ1) is 6.33. The Balaban J connectivity index is 1.96. The molecule has 0 aromatic carbocycles. The third-order valence-corrected chi connectivity index (χ3v) is 2.39. The van der Waals surface area contributed by atoms with Gasteiger partial charge in [-0.05, 0) is 6.92 Å². The molecule has 1 N–H and O–H groups in total. The van der Waals surface area contributed by atoms with Gasteiger partial charge in [0.05, 0.1) is 19.8 Å². The first-order valence-corrected chi connectivity index (χ1v) is 4.48. The van der Waals surface area contributed by atoms with Gasteiger partial charge >= 0.3 is 5.97 Å². The van der Waals surface area contributed by atoms with Gasteiger partial charge in [-0.15, -0.1) is 0 Å². The fraction of sp³-hybridized carbons (Fsp3) is 0.875. The lowest BCUT2D eigenvalue weighted by Crippen LogP contribution is -2.38. The van der Waals surface area contributed by atoms with E-state index in [1.54, 1.807) is 6.92 Å². The van der Waals surface area contributed by atoms with Crippen LogP contribution in [0.4, 0.5) is 0 Å². The van der Waals surface area contributed by atoms with Crippen LogP contribution in [0, 0.1) is 5.92 Å². The third kappa shape index (κ3) is 1.54. The second-order valence-corrected chi connectivity index (χ2v) is 3.21. The molecule has 1 unspecified atom stereocenters. The molecule has 0 saturated carbocycles. The lowest BCUT2D eigenvalue weighted by atomic mass is 9.99. The minimum atomic E-state index is -0.354. The molecule has 3 atom stereocenters. The van der Waals surface area contributed by atoms with Gasteiger partial charge in [0, 0.05) is 5.92 Å². The predicted octanol–water partition coefficient (Wildman–Crippen LogP) is -0.532. The zero-order chi connectivity index (χ0) is 9.26. The second kappa shape index (κ2) is 3.61. The first-order valence-electron chi connectivity index (χ1n) is 4.48. The van der Waals surface area contributed by atoms with Crippen molar-refractivity contribution in [1.29, 1.82) is 0 Å². The van der Waals surface area contributed by atoms with Gasteiger partial charge in [-0.1, -0.05) is 0 Å². The Bertz CT molecular complexity index is 208. The molecule has 13 heavy (non-hydrogen) atoms. The largest absolute Gasteiger partial charge is 0.465 e. The van der Waals surface area contributed by atoms with Crippen molar-refractivity contribution in [2.45, 2.75) is 19.1 Å². The van der Waals surface area contributed by atoms with E-state index in [0.29, 0.717) is 19.8 Å². The molecule has 2 saturated heterocycles. The summed E-state index contributed by atoms with van der Waals surface area (Å²) in [6.45, 7) is 3.32. The Labute approximate surface area is 76.3 Å². The van der Waals surface area contributed by atoms with Crippen LogP contribution in [-0.4, -0.2) is 37.9 Å². The number of rotatable bonds is 2. The average molecular weight is 187 g/mol. The Morgan fingerprint density at radius 3 is 3.23 bits per heavy atom. The smallest absolute Gasteiger partial charge is 0.325 e. The minimum Gasteiger partial charge on any atom is -0.465 e. The molecule has 2 aliphatic rings. The molecule has 2 rings (SSSR count). The Morgan fingerprint density at radius 1 is 1.62 bits per heavy atom. The maximum absolute atomic E-state index is 11.4. The molecule has 0 amide bonds. The van der Waals surface area contributed by atoms with Gasteiger partial charge in [0.25, 0.3) is 0 Å². The molecular formula is C8H13NO4. The van der Waals surface area contributed by atoms with Crippen LogP contribution < -0.4 is 5.48 Å². The quantitative estimate of drug-likeness (QED) is 0.589. The summed E-state index contributed by atoms with van der Waals surface area (Å²) < 4.78 is 10.1. The molecule has 74 valence electrons. The van der Waals surface area contributed by atoms with E-state index < -0.39 is 0 Å². The Hall–Kier alpha value is -0.650. The van der Waals surface area contributed by atoms with Crippen LogP contribution in [-0.2, 0) is 19.1 Å². The van der Waals surface area contributed by atoms with Crippen LogP contribution in [0.25, 0.3) is 0 Å². The molecule has 2 heterocycles. The molecule has 0 radical (unpaired) electrons. The van der Waals surface area contributed by atoms with Crippen molar-refractivity contribution >= 4 is 5.97 Å². The summed E-state index contributed by atoms with van der Waals surface area (Å²) >= 11 is 0. The molecule has 0 bridgehead atoms. The fourth-order valence-electron chi connectivity index (χ4n) is 1.69. The third-order valence-electron chi connectivity index (χ3n) is 2.39.